The minimum atomic E-state index is 1.12. The highest BCUT2D eigenvalue weighted by molar-refractivity contribution is 5.81. The van der Waals surface area contributed by atoms with E-state index in [4.69, 9.17) is 5.32 Å². The quantitative estimate of drug-likeness (QED) is 0.690. The van der Waals surface area contributed by atoms with Gasteiger partial charge >= 0.3 is 0 Å². The van der Waals surface area contributed by atoms with Crippen molar-refractivity contribution in [1.82, 2.24) is 5.32 Å². The van der Waals surface area contributed by atoms with Crippen molar-refractivity contribution >= 4 is 11.3 Å². The van der Waals surface area contributed by atoms with E-state index < -0.39 is 0 Å². The van der Waals surface area contributed by atoms with Crippen molar-refractivity contribution in [1.29, 1.82) is 0 Å². The summed E-state index contributed by atoms with van der Waals surface area (Å²) in [6.45, 7) is 4.45. The van der Waals surface area contributed by atoms with Crippen LogP contribution in [0.4, 0.5) is 5.69 Å². The first kappa shape index (κ1) is 10.3. The second kappa shape index (κ2) is 4.52. The van der Waals surface area contributed by atoms with Gasteiger partial charge in [0.2, 0.25) is 0 Å². The molecule has 0 N–H and O–H groups in total. The molecule has 1 aliphatic heterocycles. The molecular formula is C14H18N. The summed E-state index contributed by atoms with van der Waals surface area (Å²) in [5, 5.41) is 4.72. The van der Waals surface area contributed by atoms with E-state index in [0.717, 1.165) is 12.8 Å². The highest BCUT2D eigenvalue weighted by Gasteiger charge is 2.20. The third-order valence-corrected chi connectivity index (χ3v) is 2.82. The second-order valence-corrected chi connectivity index (χ2v) is 4.05. The molecule has 0 unspecified atom stereocenters. The fraction of sp³-hybridized carbons (Fsp3) is 0.429. The fourth-order valence-corrected chi connectivity index (χ4v) is 2.17. The monoisotopic (exact) mass is 200 g/mol. The average Bonchev–Trinajstić information content (AvgIpc) is 2.59. The molecule has 0 atom stereocenters. The molecule has 0 saturated heterocycles. The number of nitrogens with zero attached hydrogens (tertiary/aromatic N) is 1. The molecule has 0 saturated carbocycles. The molecule has 0 spiro atoms. The van der Waals surface area contributed by atoms with E-state index in [1.54, 1.807) is 0 Å². The maximum atomic E-state index is 4.72. The van der Waals surface area contributed by atoms with Gasteiger partial charge in [0.1, 0.15) is 0 Å². The third kappa shape index (κ3) is 1.92. The molecule has 1 heteroatoms. The maximum Gasteiger partial charge on any atom is 0.0708 e. The van der Waals surface area contributed by atoms with E-state index in [9.17, 15) is 0 Å². The zero-order valence-corrected chi connectivity index (χ0v) is 9.59. The zero-order chi connectivity index (χ0) is 10.7. The highest BCUT2D eigenvalue weighted by Crippen LogP contribution is 2.38. The second-order valence-electron chi connectivity index (χ2n) is 4.05. The Morgan fingerprint density at radius 2 is 1.73 bits per heavy atom. The van der Waals surface area contributed by atoms with Gasteiger partial charge in [0.25, 0.3) is 0 Å². The largest absolute Gasteiger partial charge is 0.253 e. The van der Waals surface area contributed by atoms with Gasteiger partial charge in [-0.1, -0.05) is 44.9 Å². The zero-order valence-electron chi connectivity index (χ0n) is 9.59. The normalized spacial score (nSPS) is 14.0. The first-order chi connectivity index (χ1) is 7.36. The molecule has 0 fully saturated rings. The van der Waals surface area contributed by atoms with Crippen molar-refractivity contribution in [2.75, 3.05) is 0 Å². The van der Waals surface area contributed by atoms with Gasteiger partial charge in [0.15, 0.2) is 0 Å². The van der Waals surface area contributed by atoms with E-state index in [1.807, 2.05) is 0 Å². The van der Waals surface area contributed by atoms with Crippen LogP contribution in [0.1, 0.15) is 45.1 Å². The molecule has 1 aliphatic rings. The van der Waals surface area contributed by atoms with Crippen LogP contribution in [-0.2, 0) is 0 Å². The summed E-state index contributed by atoms with van der Waals surface area (Å²) in [7, 11) is 0. The molecule has 1 aromatic carbocycles. The van der Waals surface area contributed by atoms with Crippen molar-refractivity contribution in [3.05, 3.63) is 35.5 Å². The Labute approximate surface area is 92.2 Å². The molecule has 0 bridgehead atoms. The van der Waals surface area contributed by atoms with Crippen LogP contribution in [0.3, 0.4) is 0 Å². The van der Waals surface area contributed by atoms with Gasteiger partial charge in [0, 0.05) is 11.3 Å². The molecular weight excluding hydrogens is 182 g/mol. The van der Waals surface area contributed by atoms with E-state index >= 15 is 0 Å². The van der Waals surface area contributed by atoms with Gasteiger partial charge in [-0.2, -0.15) is 0 Å². The number of benzene rings is 1. The molecule has 15 heavy (non-hydrogen) atoms. The van der Waals surface area contributed by atoms with Crippen molar-refractivity contribution in [3.8, 4) is 0 Å². The number of rotatable bonds is 4. The summed E-state index contributed by atoms with van der Waals surface area (Å²) in [6.07, 6.45) is 4.66. The van der Waals surface area contributed by atoms with Crippen LogP contribution in [0.15, 0.2) is 30.0 Å². The van der Waals surface area contributed by atoms with Gasteiger partial charge < -0.3 is 0 Å². The molecule has 79 valence electrons. The van der Waals surface area contributed by atoms with Crippen LogP contribution in [0.5, 0.6) is 0 Å². The van der Waals surface area contributed by atoms with Gasteiger partial charge in [-0.3, -0.25) is 5.32 Å². The van der Waals surface area contributed by atoms with Gasteiger partial charge in [0.05, 0.1) is 5.69 Å². The van der Waals surface area contributed by atoms with E-state index in [0.29, 0.717) is 0 Å². The van der Waals surface area contributed by atoms with E-state index in [-0.39, 0.29) is 0 Å². The first-order valence-electron chi connectivity index (χ1n) is 5.90. The molecule has 1 radical (unpaired) electrons. The van der Waals surface area contributed by atoms with Crippen LogP contribution in [0.25, 0.3) is 5.57 Å². The number of hydrogen-bond acceptors (Lipinski definition) is 0. The minimum absolute atomic E-state index is 1.12. The highest BCUT2D eigenvalue weighted by atomic mass is 14.9. The van der Waals surface area contributed by atoms with Crippen molar-refractivity contribution in [2.24, 2.45) is 0 Å². The van der Waals surface area contributed by atoms with Gasteiger partial charge in [-0.25, -0.2) is 0 Å². The summed E-state index contributed by atoms with van der Waals surface area (Å²) in [5.41, 5.74) is 5.34. The molecule has 2 rings (SSSR count). The van der Waals surface area contributed by atoms with Crippen LogP contribution >= 0.6 is 0 Å². The van der Waals surface area contributed by atoms with Crippen LogP contribution in [-0.4, -0.2) is 0 Å². The SMILES string of the molecule is CCCC1=C(CCC)c2ccccc2[N]1. The van der Waals surface area contributed by atoms with Crippen LogP contribution < -0.4 is 5.32 Å². The summed E-state index contributed by atoms with van der Waals surface area (Å²) in [4.78, 5) is 0. The first-order valence-corrected chi connectivity index (χ1v) is 5.90. The Balaban J connectivity index is 2.34. The molecule has 1 aromatic rings. The molecule has 1 nitrogen and oxygen atoms in total. The smallest absolute Gasteiger partial charge is 0.0708 e. The lowest BCUT2D eigenvalue weighted by Crippen LogP contribution is -1.93. The summed E-state index contributed by atoms with van der Waals surface area (Å²) in [5.74, 6) is 0. The Bertz CT molecular complexity index is 377. The third-order valence-electron chi connectivity index (χ3n) is 2.82. The Kier molecular flexibility index (Phi) is 3.10. The summed E-state index contributed by atoms with van der Waals surface area (Å²) < 4.78 is 0. The predicted octanol–water partition coefficient (Wildman–Crippen LogP) is 4.25. The fourth-order valence-electron chi connectivity index (χ4n) is 2.17. The lowest BCUT2D eigenvalue weighted by atomic mass is 10.00. The topological polar surface area (TPSA) is 14.1 Å². The van der Waals surface area contributed by atoms with Crippen LogP contribution in [0.2, 0.25) is 0 Å². The number of hydrogen-bond donors (Lipinski definition) is 0. The van der Waals surface area contributed by atoms with E-state index in [2.05, 4.69) is 38.1 Å². The summed E-state index contributed by atoms with van der Waals surface area (Å²) in [6, 6.07) is 8.50. The maximum absolute atomic E-state index is 4.72. The number of allylic oxidation sites excluding steroid dienone is 2. The minimum Gasteiger partial charge on any atom is -0.253 e. The Morgan fingerprint density at radius 1 is 1.00 bits per heavy atom. The Morgan fingerprint density at radius 3 is 2.47 bits per heavy atom. The van der Waals surface area contributed by atoms with Crippen molar-refractivity contribution in [3.63, 3.8) is 0 Å². The average molecular weight is 200 g/mol. The molecule has 1 heterocycles. The standard InChI is InChI=1S/C14H18N/c1-3-7-11-12-9-5-6-10-14(12)15-13(11)8-4-2/h5-6,9-10H,3-4,7-8H2,1-2H3. The van der Waals surface area contributed by atoms with Crippen LogP contribution in [0, 0.1) is 0 Å². The van der Waals surface area contributed by atoms with Crippen molar-refractivity contribution in [2.45, 2.75) is 39.5 Å². The predicted molar refractivity (Wildman–Crippen MR) is 65.0 cm³/mol. The summed E-state index contributed by atoms with van der Waals surface area (Å²) >= 11 is 0. The lowest BCUT2D eigenvalue weighted by molar-refractivity contribution is 0.840. The molecule has 0 aliphatic carbocycles. The Hall–Kier alpha value is -1.24. The lowest BCUT2D eigenvalue weighted by Gasteiger charge is -2.03. The number of para-hydroxylation sites is 1. The van der Waals surface area contributed by atoms with Crippen molar-refractivity contribution < 1.29 is 0 Å². The van der Waals surface area contributed by atoms with Gasteiger partial charge in [-0.05, 0) is 24.5 Å². The molecule has 0 aromatic heterocycles. The molecule has 0 amide bonds. The van der Waals surface area contributed by atoms with Gasteiger partial charge in [-0.15, -0.1) is 0 Å². The number of fused-ring (bicyclic) bond motifs is 1. The van der Waals surface area contributed by atoms with E-state index in [1.165, 1.54) is 35.4 Å².